The maximum atomic E-state index is 3.57. The third-order valence-corrected chi connectivity index (χ3v) is 4.79. The van der Waals surface area contributed by atoms with E-state index in [0.717, 1.165) is 11.2 Å². The summed E-state index contributed by atoms with van der Waals surface area (Å²) in [5, 5.41) is 4.45. The highest BCUT2D eigenvalue weighted by Gasteiger charge is 2.17. The molecule has 0 aliphatic carbocycles. The maximum Gasteiger partial charge on any atom is 0.0172 e. The van der Waals surface area contributed by atoms with Gasteiger partial charge in [0.25, 0.3) is 0 Å². The Bertz CT molecular complexity index is 185. The van der Waals surface area contributed by atoms with Gasteiger partial charge in [-0.3, -0.25) is 0 Å². The van der Waals surface area contributed by atoms with Gasteiger partial charge in [-0.1, -0.05) is 20.8 Å². The first-order chi connectivity index (χ1) is 8.22. The Balaban J connectivity index is 1.95. The van der Waals surface area contributed by atoms with Gasteiger partial charge in [0.15, 0.2) is 0 Å². The largest absolute Gasteiger partial charge is 0.315 e. The lowest BCUT2D eigenvalue weighted by Crippen LogP contribution is -2.41. The van der Waals surface area contributed by atoms with Gasteiger partial charge in [0.2, 0.25) is 0 Å². The lowest BCUT2D eigenvalue weighted by Gasteiger charge is -2.31. The normalized spacial score (nSPS) is 22.2. The van der Waals surface area contributed by atoms with E-state index in [1.165, 1.54) is 57.7 Å². The fraction of sp³-hybridized carbons (Fsp3) is 1.00. The monoisotopic (exact) mass is 258 g/mol. The van der Waals surface area contributed by atoms with Gasteiger partial charge in [-0.15, -0.1) is 0 Å². The molecule has 1 fully saturated rings. The lowest BCUT2D eigenvalue weighted by atomic mass is 10.1. The Kier molecular flexibility index (Phi) is 8.33. The van der Waals surface area contributed by atoms with Crippen LogP contribution in [0.3, 0.4) is 0 Å². The molecule has 102 valence electrons. The summed E-state index contributed by atoms with van der Waals surface area (Å²) >= 11 is 2.16. The average Bonchev–Trinajstić information content (AvgIpc) is 2.33. The second kappa shape index (κ2) is 9.23. The van der Waals surface area contributed by atoms with Crippen LogP contribution in [0, 0.1) is 5.92 Å². The Morgan fingerprint density at radius 1 is 1.35 bits per heavy atom. The molecule has 1 N–H and O–H groups in total. The third-order valence-electron chi connectivity index (χ3n) is 3.42. The van der Waals surface area contributed by atoms with Crippen molar-refractivity contribution in [1.29, 1.82) is 0 Å². The van der Waals surface area contributed by atoms with Crippen molar-refractivity contribution in [3.63, 3.8) is 0 Å². The minimum atomic E-state index is 0.848. The number of thioether (sulfide) groups is 1. The van der Waals surface area contributed by atoms with Crippen molar-refractivity contribution >= 4 is 11.8 Å². The van der Waals surface area contributed by atoms with Crippen LogP contribution in [0.15, 0.2) is 0 Å². The Hall–Kier alpha value is 0.270. The predicted molar refractivity (Wildman–Crippen MR) is 79.9 cm³/mol. The number of nitrogens with zero attached hydrogens (tertiary/aromatic N) is 1. The highest BCUT2D eigenvalue weighted by Crippen LogP contribution is 2.20. The minimum absolute atomic E-state index is 0.848. The van der Waals surface area contributed by atoms with Gasteiger partial charge in [-0.05, 0) is 31.7 Å². The number of rotatable bonds is 8. The molecule has 1 unspecified atom stereocenters. The fourth-order valence-electron chi connectivity index (χ4n) is 2.23. The van der Waals surface area contributed by atoms with Gasteiger partial charge in [0, 0.05) is 37.2 Å². The first kappa shape index (κ1) is 15.3. The summed E-state index contributed by atoms with van der Waals surface area (Å²) < 4.78 is 0. The van der Waals surface area contributed by atoms with Gasteiger partial charge in [0.1, 0.15) is 0 Å². The Morgan fingerprint density at radius 3 is 2.88 bits per heavy atom. The molecule has 0 spiro atoms. The summed E-state index contributed by atoms with van der Waals surface area (Å²) in [5.74, 6) is 2.17. The molecule has 1 atom stereocenters. The summed E-state index contributed by atoms with van der Waals surface area (Å²) in [6.07, 6.45) is 4.00. The fourth-order valence-corrected chi connectivity index (χ4v) is 3.48. The maximum absolute atomic E-state index is 3.57. The van der Waals surface area contributed by atoms with Crippen molar-refractivity contribution in [3.8, 4) is 0 Å². The quantitative estimate of drug-likeness (QED) is 0.674. The zero-order valence-electron chi connectivity index (χ0n) is 11.9. The highest BCUT2D eigenvalue weighted by molar-refractivity contribution is 8.00. The van der Waals surface area contributed by atoms with Gasteiger partial charge < -0.3 is 10.2 Å². The minimum Gasteiger partial charge on any atom is -0.315 e. The van der Waals surface area contributed by atoms with Crippen LogP contribution in [0.25, 0.3) is 0 Å². The van der Waals surface area contributed by atoms with E-state index < -0.39 is 0 Å². The molecule has 0 saturated carbocycles. The first-order valence-corrected chi connectivity index (χ1v) is 8.32. The van der Waals surface area contributed by atoms with Crippen molar-refractivity contribution < 1.29 is 0 Å². The van der Waals surface area contributed by atoms with E-state index in [2.05, 4.69) is 42.7 Å². The molecule has 2 nitrogen and oxygen atoms in total. The third kappa shape index (κ3) is 7.32. The molecular weight excluding hydrogens is 228 g/mol. The molecule has 1 aliphatic heterocycles. The van der Waals surface area contributed by atoms with Crippen LogP contribution in [-0.2, 0) is 0 Å². The van der Waals surface area contributed by atoms with E-state index in [4.69, 9.17) is 0 Å². The molecule has 1 aliphatic rings. The van der Waals surface area contributed by atoms with Crippen LogP contribution in [-0.4, -0.2) is 48.6 Å². The molecule has 0 aromatic carbocycles. The molecule has 0 amide bonds. The van der Waals surface area contributed by atoms with Gasteiger partial charge in [-0.2, -0.15) is 11.8 Å². The average molecular weight is 258 g/mol. The smallest absolute Gasteiger partial charge is 0.0172 e. The molecule has 0 aromatic rings. The standard InChI is InChI=1S/C14H30N2S/c1-4-14-12-16(10-11-17-14)9-8-15-7-5-6-13(2)3/h13-15H,4-12H2,1-3H3. The van der Waals surface area contributed by atoms with Crippen LogP contribution in [0.4, 0.5) is 0 Å². The molecule has 1 saturated heterocycles. The topological polar surface area (TPSA) is 15.3 Å². The van der Waals surface area contributed by atoms with Gasteiger partial charge in [-0.25, -0.2) is 0 Å². The highest BCUT2D eigenvalue weighted by atomic mass is 32.2. The summed E-state index contributed by atoms with van der Waals surface area (Å²) in [7, 11) is 0. The molecule has 1 rings (SSSR count). The molecular formula is C14H30N2S. The molecule has 0 aromatic heterocycles. The first-order valence-electron chi connectivity index (χ1n) is 7.27. The summed E-state index contributed by atoms with van der Waals surface area (Å²) in [6.45, 7) is 13.1. The molecule has 3 heteroatoms. The SMILES string of the molecule is CCC1CN(CCNCCCC(C)C)CCS1. The van der Waals surface area contributed by atoms with E-state index >= 15 is 0 Å². The lowest BCUT2D eigenvalue weighted by molar-refractivity contribution is 0.280. The van der Waals surface area contributed by atoms with Gasteiger partial charge in [0.05, 0.1) is 0 Å². The second-order valence-electron chi connectivity index (χ2n) is 5.49. The van der Waals surface area contributed by atoms with E-state index in [-0.39, 0.29) is 0 Å². The van der Waals surface area contributed by atoms with Crippen molar-refractivity contribution in [2.45, 2.75) is 45.3 Å². The Labute approximate surface area is 112 Å². The van der Waals surface area contributed by atoms with Crippen molar-refractivity contribution in [1.82, 2.24) is 10.2 Å². The molecule has 17 heavy (non-hydrogen) atoms. The summed E-state index contributed by atoms with van der Waals surface area (Å²) in [5.41, 5.74) is 0. The van der Waals surface area contributed by atoms with Crippen LogP contribution in [0.2, 0.25) is 0 Å². The van der Waals surface area contributed by atoms with Gasteiger partial charge >= 0.3 is 0 Å². The van der Waals surface area contributed by atoms with Crippen LogP contribution < -0.4 is 5.32 Å². The zero-order chi connectivity index (χ0) is 12.5. The predicted octanol–water partition coefficient (Wildman–Crippen LogP) is 2.84. The van der Waals surface area contributed by atoms with Crippen LogP contribution in [0.5, 0.6) is 0 Å². The van der Waals surface area contributed by atoms with Crippen LogP contribution in [0.1, 0.15) is 40.0 Å². The molecule has 0 radical (unpaired) electrons. The Morgan fingerprint density at radius 2 is 2.18 bits per heavy atom. The molecule has 0 bridgehead atoms. The van der Waals surface area contributed by atoms with E-state index in [9.17, 15) is 0 Å². The van der Waals surface area contributed by atoms with Crippen molar-refractivity contribution in [2.24, 2.45) is 5.92 Å². The number of hydrogen-bond acceptors (Lipinski definition) is 3. The molecule has 1 heterocycles. The van der Waals surface area contributed by atoms with Crippen molar-refractivity contribution in [2.75, 3.05) is 38.5 Å². The van der Waals surface area contributed by atoms with E-state index in [1.54, 1.807) is 0 Å². The summed E-state index contributed by atoms with van der Waals surface area (Å²) in [6, 6.07) is 0. The van der Waals surface area contributed by atoms with Crippen molar-refractivity contribution in [3.05, 3.63) is 0 Å². The van der Waals surface area contributed by atoms with Crippen LogP contribution >= 0.6 is 11.8 Å². The second-order valence-corrected chi connectivity index (χ2v) is 6.90. The number of nitrogens with one attached hydrogen (secondary N) is 1. The summed E-state index contributed by atoms with van der Waals surface area (Å²) in [4.78, 5) is 2.63. The number of hydrogen-bond donors (Lipinski definition) is 1. The van der Waals surface area contributed by atoms with E-state index in [1.807, 2.05) is 0 Å². The zero-order valence-corrected chi connectivity index (χ0v) is 12.7. The van der Waals surface area contributed by atoms with E-state index in [0.29, 0.717) is 0 Å².